The number of hydrogen-bond donors (Lipinski definition) is 1. The highest BCUT2D eigenvalue weighted by atomic mass is 32.2. The molecule has 0 spiro atoms. The van der Waals surface area contributed by atoms with Crippen molar-refractivity contribution in [3.63, 3.8) is 0 Å². The van der Waals surface area contributed by atoms with E-state index in [0.717, 1.165) is 40.5 Å². The molecule has 130 valence electrons. The van der Waals surface area contributed by atoms with Crippen LogP contribution in [0.25, 0.3) is 11.0 Å². The number of carbonyl (C=O) groups is 1. The summed E-state index contributed by atoms with van der Waals surface area (Å²) in [6.07, 6.45) is -2.61. The Balaban J connectivity index is 1.65. The normalized spacial score (nSPS) is 16.3. The van der Waals surface area contributed by atoms with Crippen molar-refractivity contribution in [3.05, 3.63) is 24.3 Å². The summed E-state index contributed by atoms with van der Waals surface area (Å²) in [5.74, 6) is -0.378. The molecule has 0 aliphatic heterocycles. The van der Waals surface area contributed by atoms with E-state index in [-0.39, 0.29) is 17.7 Å². The molecule has 0 bridgehead atoms. The number of imidazole rings is 1. The van der Waals surface area contributed by atoms with Gasteiger partial charge in [-0.25, -0.2) is 4.98 Å². The molecule has 1 N–H and O–H groups in total. The number of fused-ring (bicyclic) bond motifs is 1. The van der Waals surface area contributed by atoms with E-state index in [9.17, 15) is 18.0 Å². The number of benzene rings is 1. The van der Waals surface area contributed by atoms with Crippen LogP contribution in [0, 0.1) is 5.92 Å². The van der Waals surface area contributed by atoms with E-state index >= 15 is 0 Å². The average Bonchev–Trinajstić information content (AvgIpc) is 3.28. The molecule has 1 heterocycles. The molecule has 4 nitrogen and oxygen atoms in total. The van der Waals surface area contributed by atoms with Gasteiger partial charge in [0.25, 0.3) is 0 Å². The number of thioether (sulfide) groups is 1. The third kappa shape index (κ3) is 4.23. The van der Waals surface area contributed by atoms with Gasteiger partial charge >= 0.3 is 6.18 Å². The van der Waals surface area contributed by atoms with Gasteiger partial charge in [-0.3, -0.25) is 4.79 Å². The van der Waals surface area contributed by atoms with Crippen molar-refractivity contribution in [1.82, 2.24) is 14.9 Å². The number of aromatic nitrogens is 2. The first kappa shape index (κ1) is 17.1. The zero-order valence-corrected chi connectivity index (χ0v) is 14.0. The van der Waals surface area contributed by atoms with Crippen LogP contribution in [-0.2, 0) is 4.79 Å². The first-order valence-corrected chi connectivity index (χ1v) is 8.76. The number of aromatic amines is 1. The lowest BCUT2D eigenvalue weighted by atomic mass is 10.2. The number of amides is 1. The summed E-state index contributed by atoms with van der Waals surface area (Å²) < 4.78 is 38.4. The van der Waals surface area contributed by atoms with Crippen LogP contribution in [-0.4, -0.2) is 45.3 Å². The van der Waals surface area contributed by atoms with Crippen LogP contribution in [0.15, 0.2) is 29.4 Å². The van der Waals surface area contributed by atoms with Crippen molar-refractivity contribution < 1.29 is 18.0 Å². The van der Waals surface area contributed by atoms with Gasteiger partial charge < -0.3 is 9.88 Å². The number of nitrogens with one attached hydrogen (secondary N) is 1. The topological polar surface area (TPSA) is 49.0 Å². The Labute approximate surface area is 141 Å². The molecule has 1 aromatic carbocycles. The maximum atomic E-state index is 12.8. The van der Waals surface area contributed by atoms with Crippen molar-refractivity contribution in [2.75, 3.05) is 12.3 Å². The fourth-order valence-electron chi connectivity index (χ4n) is 2.70. The zero-order valence-electron chi connectivity index (χ0n) is 13.1. The number of para-hydroxylation sites is 2. The van der Waals surface area contributed by atoms with Gasteiger partial charge in [0.2, 0.25) is 5.91 Å². The minimum atomic E-state index is -4.39. The molecule has 1 saturated carbocycles. The van der Waals surface area contributed by atoms with Crippen LogP contribution in [0.1, 0.15) is 19.8 Å². The van der Waals surface area contributed by atoms with E-state index in [1.54, 1.807) is 6.92 Å². The molecule has 1 atom stereocenters. The van der Waals surface area contributed by atoms with Crippen molar-refractivity contribution in [3.8, 4) is 0 Å². The first-order chi connectivity index (χ1) is 11.3. The smallest absolute Gasteiger partial charge is 0.333 e. The van der Waals surface area contributed by atoms with E-state index in [0.29, 0.717) is 5.16 Å². The lowest BCUT2D eigenvalue weighted by Gasteiger charge is -2.30. The Kier molecular flexibility index (Phi) is 4.76. The summed E-state index contributed by atoms with van der Waals surface area (Å²) in [7, 11) is 0. The van der Waals surface area contributed by atoms with Gasteiger partial charge in [0.05, 0.1) is 16.8 Å². The van der Waals surface area contributed by atoms with Gasteiger partial charge in [-0.15, -0.1) is 0 Å². The molecular weight excluding hydrogens is 339 g/mol. The number of alkyl halides is 3. The van der Waals surface area contributed by atoms with Crippen molar-refractivity contribution in [2.45, 2.75) is 37.1 Å². The Hall–Kier alpha value is -1.70. The number of halogens is 3. The summed E-state index contributed by atoms with van der Waals surface area (Å²) >= 11 is 1.13. The van der Waals surface area contributed by atoms with E-state index in [1.165, 1.54) is 0 Å². The highest BCUT2D eigenvalue weighted by molar-refractivity contribution is 7.99. The molecule has 1 aliphatic carbocycles. The molecule has 1 aromatic heterocycles. The standard InChI is InChI=1S/C16H18F3N3OS/c1-10(11-6-7-11)22(9-16(17,18)19)14(23)8-24-15-20-12-4-2-3-5-13(12)21-15/h2-5,10-11H,6-9H2,1H3,(H,20,21)/t10-/m0/s1. The lowest BCUT2D eigenvalue weighted by Crippen LogP contribution is -2.46. The number of carbonyl (C=O) groups excluding carboxylic acids is 1. The Morgan fingerprint density at radius 1 is 1.42 bits per heavy atom. The van der Waals surface area contributed by atoms with Crippen LogP contribution in [0.3, 0.4) is 0 Å². The van der Waals surface area contributed by atoms with Gasteiger partial charge in [-0.1, -0.05) is 23.9 Å². The molecule has 1 aliphatic rings. The van der Waals surface area contributed by atoms with E-state index < -0.39 is 18.6 Å². The summed E-state index contributed by atoms with van der Waals surface area (Å²) in [5, 5.41) is 0.538. The molecule has 8 heteroatoms. The van der Waals surface area contributed by atoms with Gasteiger partial charge in [0, 0.05) is 6.04 Å². The van der Waals surface area contributed by atoms with Gasteiger partial charge in [-0.2, -0.15) is 13.2 Å². The minimum Gasteiger partial charge on any atom is -0.333 e. The van der Waals surface area contributed by atoms with Crippen molar-refractivity contribution in [1.29, 1.82) is 0 Å². The third-order valence-corrected chi connectivity index (χ3v) is 5.02. The number of nitrogens with zero attached hydrogens (tertiary/aromatic N) is 2. The van der Waals surface area contributed by atoms with E-state index in [4.69, 9.17) is 0 Å². The fraction of sp³-hybridized carbons (Fsp3) is 0.500. The molecule has 1 fully saturated rings. The predicted octanol–water partition coefficient (Wildman–Crippen LogP) is 3.84. The first-order valence-electron chi connectivity index (χ1n) is 7.77. The third-order valence-electron chi connectivity index (χ3n) is 4.17. The minimum absolute atomic E-state index is 0.0625. The van der Waals surface area contributed by atoms with Crippen molar-refractivity contribution >= 4 is 28.7 Å². The summed E-state index contributed by atoms with van der Waals surface area (Å²) in [6.45, 7) is 0.511. The van der Waals surface area contributed by atoms with Crippen LogP contribution in [0.4, 0.5) is 13.2 Å². The fourth-order valence-corrected chi connectivity index (χ4v) is 3.47. The molecule has 3 rings (SSSR count). The van der Waals surface area contributed by atoms with Crippen LogP contribution >= 0.6 is 11.8 Å². The Morgan fingerprint density at radius 2 is 2.12 bits per heavy atom. The van der Waals surface area contributed by atoms with Crippen LogP contribution < -0.4 is 0 Å². The molecular formula is C16H18F3N3OS. The Bertz CT molecular complexity index is 694. The summed E-state index contributed by atoms with van der Waals surface area (Å²) in [6, 6.07) is 7.03. The van der Waals surface area contributed by atoms with E-state index in [1.807, 2.05) is 24.3 Å². The van der Waals surface area contributed by atoms with Crippen LogP contribution in [0.2, 0.25) is 0 Å². The molecule has 2 aromatic rings. The SMILES string of the molecule is C[C@@H](C1CC1)N(CC(F)(F)F)C(=O)CSc1nc2ccccc2[nH]1. The lowest BCUT2D eigenvalue weighted by molar-refractivity contribution is -0.164. The number of rotatable bonds is 6. The van der Waals surface area contributed by atoms with Crippen molar-refractivity contribution in [2.24, 2.45) is 5.92 Å². The second kappa shape index (κ2) is 6.66. The predicted molar refractivity (Wildman–Crippen MR) is 86.8 cm³/mol. The zero-order chi connectivity index (χ0) is 17.3. The average molecular weight is 357 g/mol. The van der Waals surface area contributed by atoms with Gasteiger partial charge in [0.15, 0.2) is 5.16 Å². The second-order valence-corrected chi connectivity index (χ2v) is 7.03. The largest absolute Gasteiger partial charge is 0.406 e. The molecule has 24 heavy (non-hydrogen) atoms. The Morgan fingerprint density at radius 3 is 2.75 bits per heavy atom. The number of hydrogen-bond acceptors (Lipinski definition) is 3. The van der Waals surface area contributed by atoms with Crippen LogP contribution in [0.5, 0.6) is 0 Å². The molecule has 0 saturated heterocycles. The monoisotopic (exact) mass is 357 g/mol. The highest BCUT2D eigenvalue weighted by Gasteiger charge is 2.40. The molecule has 0 unspecified atom stereocenters. The summed E-state index contributed by atoms with van der Waals surface area (Å²) in [5.41, 5.74) is 1.61. The van der Waals surface area contributed by atoms with Gasteiger partial charge in [-0.05, 0) is 37.8 Å². The van der Waals surface area contributed by atoms with Gasteiger partial charge in [0.1, 0.15) is 6.54 Å². The second-order valence-electron chi connectivity index (χ2n) is 6.06. The quantitative estimate of drug-likeness (QED) is 0.799. The maximum absolute atomic E-state index is 12.8. The molecule has 1 amide bonds. The number of H-pyrrole nitrogens is 1. The highest BCUT2D eigenvalue weighted by Crippen LogP contribution is 2.36. The molecule has 0 radical (unpaired) electrons. The van der Waals surface area contributed by atoms with E-state index in [2.05, 4.69) is 9.97 Å². The summed E-state index contributed by atoms with van der Waals surface area (Å²) in [4.78, 5) is 20.7. The maximum Gasteiger partial charge on any atom is 0.406 e.